The largest absolute Gasteiger partial charge is 0.383 e. The molecule has 0 amide bonds. The molecule has 0 saturated heterocycles. The molecule has 0 spiro atoms. The van der Waals surface area contributed by atoms with Crippen LogP contribution in [0.1, 0.15) is 13.3 Å². The van der Waals surface area contributed by atoms with Crippen molar-refractivity contribution < 1.29 is 13.5 Å². The summed E-state index contributed by atoms with van der Waals surface area (Å²) in [6.07, 6.45) is -1.68. The summed E-state index contributed by atoms with van der Waals surface area (Å²) in [6, 6.07) is 0. The van der Waals surface area contributed by atoms with E-state index in [0.717, 1.165) is 0 Å². The molecular formula is C8H18F2N2O. The standard InChI is InChI=1S/C8H18F2N2O/c1-3-8(5-11,6-13-2)12-4-7(9)10/h7,12H,3-6,11H2,1-2H3. The average molecular weight is 196 g/mol. The fraction of sp³-hybridized carbons (Fsp3) is 1.00. The van der Waals surface area contributed by atoms with Gasteiger partial charge in [-0.25, -0.2) is 8.78 Å². The van der Waals surface area contributed by atoms with Crippen LogP contribution in [-0.2, 0) is 4.74 Å². The number of hydrogen-bond acceptors (Lipinski definition) is 3. The minimum Gasteiger partial charge on any atom is -0.383 e. The zero-order chi connectivity index (χ0) is 10.3. The number of halogens is 2. The molecule has 0 bridgehead atoms. The van der Waals surface area contributed by atoms with Crippen LogP contribution in [-0.4, -0.2) is 38.8 Å². The van der Waals surface area contributed by atoms with Gasteiger partial charge in [-0.3, -0.25) is 0 Å². The third kappa shape index (κ3) is 4.50. The van der Waals surface area contributed by atoms with E-state index in [2.05, 4.69) is 5.32 Å². The minimum atomic E-state index is -2.35. The molecule has 0 aromatic rings. The van der Waals surface area contributed by atoms with E-state index in [0.29, 0.717) is 19.6 Å². The van der Waals surface area contributed by atoms with Gasteiger partial charge in [0.1, 0.15) is 0 Å². The smallest absolute Gasteiger partial charge is 0.250 e. The van der Waals surface area contributed by atoms with Crippen LogP contribution in [0.3, 0.4) is 0 Å². The highest BCUT2D eigenvalue weighted by Gasteiger charge is 2.26. The van der Waals surface area contributed by atoms with Gasteiger partial charge >= 0.3 is 0 Å². The van der Waals surface area contributed by atoms with Gasteiger partial charge in [-0.1, -0.05) is 6.92 Å². The maximum atomic E-state index is 11.9. The van der Waals surface area contributed by atoms with Crippen molar-refractivity contribution >= 4 is 0 Å². The van der Waals surface area contributed by atoms with Gasteiger partial charge in [-0.2, -0.15) is 0 Å². The number of rotatable bonds is 7. The maximum Gasteiger partial charge on any atom is 0.250 e. The molecule has 0 aromatic carbocycles. The first kappa shape index (κ1) is 12.7. The fourth-order valence-corrected chi connectivity index (χ4v) is 1.12. The average Bonchev–Trinajstić information content (AvgIpc) is 2.12. The minimum absolute atomic E-state index is 0.296. The number of alkyl halides is 2. The van der Waals surface area contributed by atoms with E-state index < -0.39 is 12.0 Å². The van der Waals surface area contributed by atoms with Crippen LogP contribution in [0.5, 0.6) is 0 Å². The summed E-state index contributed by atoms with van der Waals surface area (Å²) >= 11 is 0. The SMILES string of the molecule is CCC(CN)(COC)NCC(F)F. The lowest BCUT2D eigenvalue weighted by molar-refractivity contribution is 0.0825. The number of ether oxygens (including phenoxy) is 1. The molecule has 3 N–H and O–H groups in total. The lowest BCUT2D eigenvalue weighted by atomic mass is 9.97. The second-order valence-electron chi connectivity index (χ2n) is 3.04. The highest BCUT2D eigenvalue weighted by molar-refractivity contribution is 4.87. The Morgan fingerprint density at radius 3 is 2.46 bits per heavy atom. The molecule has 1 unspecified atom stereocenters. The van der Waals surface area contributed by atoms with Crippen molar-refractivity contribution in [2.24, 2.45) is 5.73 Å². The van der Waals surface area contributed by atoms with Gasteiger partial charge in [0, 0.05) is 13.7 Å². The predicted molar refractivity (Wildman–Crippen MR) is 48.0 cm³/mol. The maximum absolute atomic E-state index is 11.9. The van der Waals surface area contributed by atoms with Crippen molar-refractivity contribution in [3.63, 3.8) is 0 Å². The van der Waals surface area contributed by atoms with Gasteiger partial charge in [0.2, 0.25) is 0 Å². The molecular weight excluding hydrogens is 178 g/mol. The van der Waals surface area contributed by atoms with E-state index in [1.807, 2.05) is 6.92 Å². The van der Waals surface area contributed by atoms with Gasteiger partial charge in [0.25, 0.3) is 6.43 Å². The van der Waals surface area contributed by atoms with Gasteiger partial charge < -0.3 is 15.8 Å². The zero-order valence-electron chi connectivity index (χ0n) is 8.15. The second kappa shape index (κ2) is 6.23. The van der Waals surface area contributed by atoms with Crippen LogP contribution in [0.4, 0.5) is 8.78 Å². The summed E-state index contributed by atoms with van der Waals surface area (Å²) in [7, 11) is 1.53. The molecule has 0 radical (unpaired) electrons. The molecule has 3 nitrogen and oxygen atoms in total. The normalized spacial score (nSPS) is 16.2. The molecule has 0 rings (SSSR count). The van der Waals surface area contributed by atoms with Crippen LogP contribution in [0, 0.1) is 0 Å². The van der Waals surface area contributed by atoms with Gasteiger partial charge in [0.05, 0.1) is 18.7 Å². The molecule has 0 saturated carbocycles. The number of nitrogens with two attached hydrogens (primary N) is 1. The van der Waals surface area contributed by atoms with E-state index in [4.69, 9.17) is 10.5 Å². The summed E-state index contributed by atoms with van der Waals surface area (Å²) in [5, 5.41) is 2.73. The van der Waals surface area contributed by atoms with Crippen LogP contribution >= 0.6 is 0 Å². The van der Waals surface area contributed by atoms with Gasteiger partial charge in [-0.05, 0) is 6.42 Å². The summed E-state index contributed by atoms with van der Waals surface area (Å²) in [5.74, 6) is 0. The molecule has 80 valence electrons. The monoisotopic (exact) mass is 196 g/mol. The lowest BCUT2D eigenvalue weighted by Crippen LogP contribution is -2.55. The van der Waals surface area contributed by atoms with E-state index in [9.17, 15) is 8.78 Å². The summed E-state index contributed by atoms with van der Waals surface area (Å²) in [4.78, 5) is 0. The Bertz CT molecular complexity index is 129. The molecule has 0 heterocycles. The molecule has 0 aliphatic carbocycles. The highest BCUT2D eigenvalue weighted by Crippen LogP contribution is 2.09. The Labute approximate surface area is 77.6 Å². The highest BCUT2D eigenvalue weighted by atomic mass is 19.3. The molecule has 1 atom stereocenters. The predicted octanol–water partition coefficient (Wildman–Crippen LogP) is 0.595. The molecule has 0 fully saturated rings. The van der Waals surface area contributed by atoms with Gasteiger partial charge in [-0.15, -0.1) is 0 Å². The van der Waals surface area contributed by atoms with Crippen molar-refractivity contribution in [1.29, 1.82) is 0 Å². The molecule has 0 aromatic heterocycles. The summed E-state index contributed by atoms with van der Waals surface area (Å²) < 4.78 is 28.8. The van der Waals surface area contributed by atoms with Crippen molar-refractivity contribution in [2.45, 2.75) is 25.3 Å². The van der Waals surface area contributed by atoms with Gasteiger partial charge in [0.15, 0.2) is 0 Å². The Kier molecular flexibility index (Phi) is 6.11. The Morgan fingerprint density at radius 2 is 2.15 bits per heavy atom. The van der Waals surface area contributed by atoms with E-state index in [-0.39, 0.29) is 6.54 Å². The number of hydrogen-bond donors (Lipinski definition) is 2. The third-order valence-corrected chi connectivity index (χ3v) is 2.12. The molecule has 5 heteroatoms. The molecule has 0 aliphatic heterocycles. The Hall–Kier alpha value is -0.260. The summed E-state index contributed by atoms with van der Waals surface area (Å²) in [6.45, 7) is 2.20. The van der Waals surface area contributed by atoms with Crippen molar-refractivity contribution in [1.82, 2.24) is 5.32 Å². The quantitative estimate of drug-likeness (QED) is 0.626. The van der Waals surface area contributed by atoms with Crippen molar-refractivity contribution in [3.05, 3.63) is 0 Å². The van der Waals surface area contributed by atoms with Crippen LogP contribution in [0.15, 0.2) is 0 Å². The molecule has 13 heavy (non-hydrogen) atoms. The van der Waals surface area contributed by atoms with Crippen molar-refractivity contribution in [2.75, 3.05) is 26.8 Å². The lowest BCUT2D eigenvalue weighted by Gasteiger charge is -2.31. The Morgan fingerprint density at radius 1 is 1.54 bits per heavy atom. The third-order valence-electron chi connectivity index (χ3n) is 2.12. The van der Waals surface area contributed by atoms with E-state index in [1.54, 1.807) is 0 Å². The van der Waals surface area contributed by atoms with E-state index >= 15 is 0 Å². The van der Waals surface area contributed by atoms with Crippen LogP contribution in [0.25, 0.3) is 0 Å². The number of methoxy groups -OCH3 is 1. The van der Waals surface area contributed by atoms with Crippen molar-refractivity contribution in [3.8, 4) is 0 Å². The second-order valence-corrected chi connectivity index (χ2v) is 3.04. The first-order valence-electron chi connectivity index (χ1n) is 4.32. The summed E-state index contributed by atoms with van der Waals surface area (Å²) in [5.41, 5.74) is 4.99. The molecule has 0 aliphatic rings. The number of nitrogens with one attached hydrogen (secondary N) is 1. The van der Waals surface area contributed by atoms with Crippen LogP contribution in [0.2, 0.25) is 0 Å². The fourth-order valence-electron chi connectivity index (χ4n) is 1.12. The first-order chi connectivity index (χ1) is 6.10. The van der Waals surface area contributed by atoms with E-state index in [1.165, 1.54) is 7.11 Å². The topological polar surface area (TPSA) is 47.3 Å². The Balaban J connectivity index is 4.04. The van der Waals surface area contributed by atoms with Crippen LogP contribution < -0.4 is 11.1 Å². The zero-order valence-corrected chi connectivity index (χ0v) is 8.15. The first-order valence-corrected chi connectivity index (χ1v) is 4.32.